The molecule has 1 amide bonds. The first kappa shape index (κ1) is 17.2. The highest BCUT2D eigenvalue weighted by Gasteiger charge is 2.14. The molecule has 1 aromatic carbocycles. The highest BCUT2D eigenvalue weighted by Crippen LogP contribution is 2.21. The van der Waals surface area contributed by atoms with Gasteiger partial charge in [0.1, 0.15) is 5.69 Å². The molecule has 2 aromatic heterocycles. The number of nitrogens with zero attached hydrogens (tertiary/aromatic N) is 3. The largest absolute Gasteiger partial charge is 0.401 e. The molecule has 8 nitrogen and oxygen atoms in total. The van der Waals surface area contributed by atoms with Crippen LogP contribution in [-0.2, 0) is 21.1 Å². The monoisotopic (exact) mass is 378 g/mol. The Morgan fingerprint density at radius 2 is 1.96 bits per heavy atom. The molecule has 2 heterocycles. The molecule has 0 unspecified atom stereocenters. The summed E-state index contributed by atoms with van der Waals surface area (Å²) in [6.07, 6.45) is 1.18. The molecule has 25 heavy (non-hydrogen) atoms. The maximum atomic E-state index is 12.0. The number of thiazole rings is 1. The van der Waals surface area contributed by atoms with Crippen LogP contribution < -0.4 is 5.32 Å². The standard InChI is InChI=1S/C15H14N4O4S2/c1-9-16-12(8-24-9)14-18-19-15(23-14)17-13(20)7-10-3-5-11(6-4-10)25(2,21)22/h3-6,8H,7H2,1-2H3,(H,17,19,20). The molecule has 0 spiro atoms. The van der Waals surface area contributed by atoms with Crippen molar-refractivity contribution in [1.82, 2.24) is 15.2 Å². The number of aromatic nitrogens is 3. The third-order valence-electron chi connectivity index (χ3n) is 3.23. The Morgan fingerprint density at radius 1 is 1.24 bits per heavy atom. The Balaban J connectivity index is 1.64. The molecule has 10 heteroatoms. The van der Waals surface area contributed by atoms with Gasteiger partial charge in [0.15, 0.2) is 9.84 Å². The molecule has 130 valence electrons. The van der Waals surface area contributed by atoms with Crippen molar-refractivity contribution in [2.75, 3.05) is 11.6 Å². The van der Waals surface area contributed by atoms with Gasteiger partial charge >= 0.3 is 6.01 Å². The van der Waals surface area contributed by atoms with Crippen LogP contribution in [0.25, 0.3) is 11.6 Å². The van der Waals surface area contributed by atoms with E-state index in [0.29, 0.717) is 11.3 Å². The number of hydrogen-bond acceptors (Lipinski definition) is 8. The first-order valence-electron chi connectivity index (χ1n) is 7.16. The van der Waals surface area contributed by atoms with Crippen molar-refractivity contribution in [2.45, 2.75) is 18.2 Å². The zero-order chi connectivity index (χ0) is 18.0. The molecule has 0 saturated heterocycles. The smallest absolute Gasteiger partial charge is 0.322 e. The highest BCUT2D eigenvalue weighted by molar-refractivity contribution is 7.90. The Labute approximate surface area is 147 Å². The number of aryl methyl sites for hydroxylation is 1. The van der Waals surface area contributed by atoms with Crippen molar-refractivity contribution in [1.29, 1.82) is 0 Å². The maximum absolute atomic E-state index is 12.0. The summed E-state index contributed by atoms with van der Waals surface area (Å²) < 4.78 is 28.2. The fourth-order valence-electron chi connectivity index (χ4n) is 2.04. The van der Waals surface area contributed by atoms with E-state index < -0.39 is 9.84 Å². The second-order valence-electron chi connectivity index (χ2n) is 5.31. The van der Waals surface area contributed by atoms with Crippen LogP contribution in [0, 0.1) is 6.92 Å². The number of nitrogens with one attached hydrogen (secondary N) is 1. The topological polar surface area (TPSA) is 115 Å². The zero-order valence-electron chi connectivity index (χ0n) is 13.4. The van der Waals surface area contributed by atoms with Crippen molar-refractivity contribution in [2.24, 2.45) is 0 Å². The second-order valence-corrected chi connectivity index (χ2v) is 8.38. The van der Waals surface area contributed by atoms with Gasteiger partial charge in [-0.1, -0.05) is 17.2 Å². The van der Waals surface area contributed by atoms with Gasteiger partial charge < -0.3 is 4.42 Å². The summed E-state index contributed by atoms with van der Waals surface area (Å²) in [5.41, 5.74) is 1.23. The molecular weight excluding hydrogens is 364 g/mol. The van der Waals surface area contributed by atoms with Crippen LogP contribution in [0.4, 0.5) is 6.01 Å². The van der Waals surface area contributed by atoms with Crippen molar-refractivity contribution < 1.29 is 17.6 Å². The lowest BCUT2D eigenvalue weighted by atomic mass is 10.1. The van der Waals surface area contributed by atoms with E-state index in [-0.39, 0.29) is 29.1 Å². The van der Waals surface area contributed by atoms with Gasteiger partial charge in [0.2, 0.25) is 5.91 Å². The average molecular weight is 378 g/mol. The summed E-state index contributed by atoms with van der Waals surface area (Å²) in [4.78, 5) is 16.5. The number of hydrogen-bond donors (Lipinski definition) is 1. The fraction of sp³-hybridized carbons (Fsp3) is 0.200. The van der Waals surface area contributed by atoms with Crippen molar-refractivity contribution in [3.8, 4) is 11.6 Å². The van der Waals surface area contributed by atoms with E-state index in [1.54, 1.807) is 17.5 Å². The quantitative estimate of drug-likeness (QED) is 0.723. The van der Waals surface area contributed by atoms with Crippen LogP contribution in [0.5, 0.6) is 0 Å². The van der Waals surface area contributed by atoms with E-state index in [9.17, 15) is 13.2 Å². The number of anilines is 1. The Bertz CT molecular complexity index is 1010. The molecule has 3 rings (SSSR count). The number of rotatable bonds is 5. The number of sulfone groups is 1. The fourth-order valence-corrected chi connectivity index (χ4v) is 3.26. The third kappa shape index (κ3) is 4.28. The van der Waals surface area contributed by atoms with Gasteiger partial charge in [-0.3, -0.25) is 10.1 Å². The van der Waals surface area contributed by atoms with Crippen LogP contribution in [0.2, 0.25) is 0 Å². The van der Waals surface area contributed by atoms with E-state index >= 15 is 0 Å². The molecule has 0 atom stereocenters. The summed E-state index contributed by atoms with van der Waals surface area (Å²) in [6, 6.07) is 6.10. The summed E-state index contributed by atoms with van der Waals surface area (Å²) in [5, 5.41) is 12.8. The van der Waals surface area contributed by atoms with Crippen molar-refractivity contribution in [3.05, 3.63) is 40.2 Å². The minimum Gasteiger partial charge on any atom is -0.401 e. The normalized spacial score (nSPS) is 11.4. The van der Waals surface area contributed by atoms with Crippen LogP contribution in [0.1, 0.15) is 10.6 Å². The second kappa shape index (κ2) is 6.73. The molecule has 0 aliphatic rings. The van der Waals surface area contributed by atoms with Gasteiger partial charge in [-0.05, 0) is 24.6 Å². The molecule has 1 N–H and O–H groups in total. The Hall–Kier alpha value is -2.59. The number of benzene rings is 1. The van der Waals surface area contributed by atoms with Crippen LogP contribution in [0.3, 0.4) is 0 Å². The zero-order valence-corrected chi connectivity index (χ0v) is 15.0. The Morgan fingerprint density at radius 3 is 2.56 bits per heavy atom. The minimum atomic E-state index is -3.26. The lowest BCUT2D eigenvalue weighted by molar-refractivity contribution is -0.115. The van der Waals surface area contributed by atoms with Gasteiger partial charge in [0.25, 0.3) is 5.89 Å². The average Bonchev–Trinajstić information content (AvgIpc) is 3.15. The molecule has 0 aliphatic carbocycles. The van der Waals surface area contributed by atoms with Gasteiger partial charge in [0.05, 0.1) is 16.3 Å². The van der Waals surface area contributed by atoms with Gasteiger partial charge in [-0.25, -0.2) is 13.4 Å². The first-order chi connectivity index (χ1) is 11.8. The number of amides is 1. The van der Waals surface area contributed by atoms with E-state index in [1.807, 2.05) is 6.92 Å². The van der Waals surface area contributed by atoms with Crippen LogP contribution in [0.15, 0.2) is 39.0 Å². The molecule has 3 aromatic rings. The summed E-state index contributed by atoms with van der Waals surface area (Å²) >= 11 is 1.46. The van der Waals surface area contributed by atoms with E-state index in [1.165, 1.54) is 23.5 Å². The van der Waals surface area contributed by atoms with Gasteiger partial charge in [-0.2, -0.15) is 0 Å². The first-order valence-corrected chi connectivity index (χ1v) is 9.93. The lowest BCUT2D eigenvalue weighted by Crippen LogP contribution is -2.14. The van der Waals surface area contributed by atoms with E-state index in [4.69, 9.17) is 4.42 Å². The third-order valence-corrected chi connectivity index (χ3v) is 5.13. The summed E-state index contributed by atoms with van der Waals surface area (Å²) in [5.74, 6) is -0.117. The van der Waals surface area contributed by atoms with E-state index in [0.717, 1.165) is 11.3 Å². The molecule has 0 bridgehead atoms. The lowest BCUT2D eigenvalue weighted by Gasteiger charge is -2.03. The van der Waals surface area contributed by atoms with Gasteiger partial charge in [-0.15, -0.1) is 16.4 Å². The van der Waals surface area contributed by atoms with Crippen molar-refractivity contribution in [3.63, 3.8) is 0 Å². The van der Waals surface area contributed by atoms with E-state index in [2.05, 4.69) is 20.5 Å². The molecule has 0 aliphatic heterocycles. The number of carbonyl (C=O) groups is 1. The van der Waals surface area contributed by atoms with Crippen LogP contribution >= 0.6 is 11.3 Å². The molecular formula is C15H14N4O4S2. The number of carbonyl (C=O) groups excluding carboxylic acids is 1. The minimum absolute atomic E-state index is 0.0154. The summed E-state index contributed by atoms with van der Waals surface area (Å²) in [7, 11) is -3.26. The SMILES string of the molecule is Cc1nc(-c2nnc(NC(=O)Cc3ccc(S(C)(=O)=O)cc3)o2)cs1. The van der Waals surface area contributed by atoms with Crippen LogP contribution in [-0.4, -0.2) is 35.8 Å². The van der Waals surface area contributed by atoms with Crippen molar-refractivity contribution >= 4 is 33.1 Å². The summed E-state index contributed by atoms with van der Waals surface area (Å²) in [6.45, 7) is 1.86. The molecule has 0 saturated carbocycles. The highest BCUT2D eigenvalue weighted by atomic mass is 32.2. The molecule has 0 fully saturated rings. The van der Waals surface area contributed by atoms with Gasteiger partial charge in [0, 0.05) is 11.6 Å². The Kier molecular flexibility index (Phi) is 4.64. The molecule has 0 radical (unpaired) electrons. The predicted molar refractivity (Wildman–Crippen MR) is 92.0 cm³/mol. The predicted octanol–water partition coefficient (Wildman–Crippen LogP) is 2.09. The maximum Gasteiger partial charge on any atom is 0.322 e.